The number of hydrogen-bond donors (Lipinski definition) is 1. The Balaban J connectivity index is 2.58. The van der Waals surface area contributed by atoms with Crippen LogP contribution in [-0.4, -0.2) is 27.6 Å². The van der Waals surface area contributed by atoms with Gasteiger partial charge < -0.3 is 14.9 Å². The second-order valence-corrected chi connectivity index (χ2v) is 12.9. The molecule has 0 amide bonds. The smallest absolute Gasteiger partial charge is 0.192 e. The van der Waals surface area contributed by atoms with Gasteiger partial charge in [0, 0.05) is 6.04 Å². The topological polar surface area (TPSA) is 44.5 Å². The monoisotopic (exact) mass is 337 g/mol. The first-order chi connectivity index (χ1) is 10.5. The molecule has 1 aromatic carbocycles. The van der Waals surface area contributed by atoms with Gasteiger partial charge in [-0.15, -0.1) is 0 Å². The van der Waals surface area contributed by atoms with Crippen LogP contribution in [-0.2, 0) is 10.8 Å². The summed E-state index contributed by atoms with van der Waals surface area (Å²) in [6.45, 7) is 16.7. The van der Waals surface area contributed by atoms with Crippen molar-refractivity contribution in [3.8, 4) is 5.75 Å². The number of rotatable bonds is 8. The first-order valence-electron chi connectivity index (χ1n) is 8.65. The maximum Gasteiger partial charge on any atom is 0.192 e. The van der Waals surface area contributed by atoms with E-state index in [2.05, 4.69) is 59.0 Å². The Morgan fingerprint density at radius 3 is 2.39 bits per heavy atom. The molecule has 1 aromatic rings. The average molecular weight is 338 g/mol. The summed E-state index contributed by atoms with van der Waals surface area (Å²) in [5.41, 5.74) is 8.33. The normalized spacial score (nSPS) is 13.9. The Morgan fingerprint density at radius 2 is 1.83 bits per heavy atom. The van der Waals surface area contributed by atoms with Gasteiger partial charge in [0.15, 0.2) is 8.32 Å². The van der Waals surface area contributed by atoms with Crippen molar-refractivity contribution < 1.29 is 9.16 Å². The van der Waals surface area contributed by atoms with Crippen LogP contribution < -0.4 is 10.5 Å². The van der Waals surface area contributed by atoms with E-state index in [-0.39, 0.29) is 11.1 Å². The van der Waals surface area contributed by atoms with Crippen molar-refractivity contribution in [2.45, 2.75) is 71.6 Å². The van der Waals surface area contributed by atoms with Crippen molar-refractivity contribution in [2.24, 2.45) is 5.73 Å². The molecule has 0 aliphatic carbocycles. The summed E-state index contributed by atoms with van der Waals surface area (Å²) in [4.78, 5) is 0. The predicted molar refractivity (Wildman–Crippen MR) is 102 cm³/mol. The molecule has 0 radical (unpaired) electrons. The molecule has 0 spiro atoms. The Morgan fingerprint density at radius 1 is 1.17 bits per heavy atom. The van der Waals surface area contributed by atoms with E-state index < -0.39 is 8.32 Å². The van der Waals surface area contributed by atoms with Crippen LogP contribution in [0.5, 0.6) is 5.75 Å². The lowest BCUT2D eigenvalue weighted by atomic mass is 10.0. The van der Waals surface area contributed by atoms with Gasteiger partial charge in [-0.2, -0.15) is 0 Å². The Bertz CT molecular complexity index is 493. The summed E-state index contributed by atoms with van der Waals surface area (Å²) in [6.07, 6.45) is 1.93. The second-order valence-electron chi connectivity index (χ2n) is 8.08. The van der Waals surface area contributed by atoms with E-state index in [1.165, 1.54) is 11.1 Å². The van der Waals surface area contributed by atoms with Gasteiger partial charge in [0.1, 0.15) is 12.4 Å². The van der Waals surface area contributed by atoms with Gasteiger partial charge in [-0.05, 0) is 62.0 Å². The van der Waals surface area contributed by atoms with Crippen LogP contribution in [0.3, 0.4) is 0 Å². The van der Waals surface area contributed by atoms with Crippen LogP contribution in [0.1, 0.15) is 45.2 Å². The quantitative estimate of drug-likeness (QED) is 0.553. The van der Waals surface area contributed by atoms with Crippen LogP contribution in [0.25, 0.3) is 0 Å². The fourth-order valence-corrected chi connectivity index (χ4v) is 3.08. The van der Waals surface area contributed by atoms with Crippen molar-refractivity contribution in [2.75, 3.05) is 13.2 Å². The first-order valence-corrected chi connectivity index (χ1v) is 11.6. The van der Waals surface area contributed by atoms with Crippen LogP contribution in [0.2, 0.25) is 18.1 Å². The summed E-state index contributed by atoms with van der Waals surface area (Å²) in [6, 6.07) is 6.62. The minimum Gasteiger partial charge on any atom is -0.491 e. The number of aryl methyl sites for hydroxylation is 2. The highest BCUT2D eigenvalue weighted by atomic mass is 28.4. The van der Waals surface area contributed by atoms with E-state index in [0.717, 1.165) is 18.6 Å². The van der Waals surface area contributed by atoms with Crippen molar-refractivity contribution >= 4 is 8.32 Å². The highest BCUT2D eigenvalue weighted by molar-refractivity contribution is 6.74. The molecule has 0 saturated heterocycles. The predicted octanol–water partition coefficient (Wildman–Crippen LogP) is 4.68. The van der Waals surface area contributed by atoms with E-state index in [1.807, 2.05) is 6.92 Å². The molecule has 1 rings (SSSR count). The Kier molecular flexibility index (Phi) is 7.30. The standard InChI is InChI=1S/C19H35NO2Si/c1-15-8-10-17(11-9-16(2)20)18(14-15)21-12-13-22-23(6,7)19(3,4)5/h8,10,14,16H,9,11-13,20H2,1-7H3/t16-/m1/s1. The van der Waals surface area contributed by atoms with E-state index in [9.17, 15) is 0 Å². The molecule has 0 heterocycles. The summed E-state index contributed by atoms with van der Waals surface area (Å²) >= 11 is 0. The lowest BCUT2D eigenvalue weighted by Crippen LogP contribution is -2.41. The molecule has 2 N–H and O–H groups in total. The molecular weight excluding hydrogens is 302 g/mol. The van der Waals surface area contributed by atoms with Gasteiger partial charge in [0.2, 0.25) is 0 Å². The van der Waals surface area contributed by atoms with Crippen LogP contribution in [0, 0.1) is 6.92 Å². The largest absolute Gasteiger partial charge is 0.491 e. The van der Waals surface area contributed by atoms with Gasteiger partial charge in [-0.3, -0.25) is 0 Å². The van der Waals surface area contributed by atoms with Crippen molar-refractivity contribution in [1.82, 2.24) is 0 Å². The number of hydrogen-bond acceptors (Lipinski definition) is 3. The van der Waals surface area contributed by atoms with Crippen LogP contribution in [0.4, 0.5) is 0 Å². The molecule has 23 heavy (non-hydrogen) atoms. The van der Waals surface area contributed by atoms with Crippen LogP contribution in [0.15, 0.2) is 18.2 Å². The van der Waals surface area contributed by atoms with Crippen molar-refractivity contribution in [3.05, 3.63) is 29.3 Å². The van der Waals surface area contributed by atoms with Gasteiger partial charge in [0.25, 0.3) is 0 Å². The van der Waals surface area contributed by atoms with E-state index in [4.69, 9.17) is 14.9 Å². The number of benzene rings is 1. The number of nitrogens with two attached hydrogens (primary N) is 1. The molecule has 0 fully saturated rings. The third-order valence-electron chi connectivity index (χ3n) is 4.70. The van der Waals surface area contributed by atoms with E-state index >= 15 is 0 Å². The molecule has 0 aromatic heterocycles. The van der Waals surface area contributed by atoms with Crippen LogP contribution >= 0.6 is 0 Å². The summed E-state index contributed by atoms with van der Waals surface area (Å²) in [5, 5.41) is 0.235. The molecule has 3 nitrogen and oxygen atoms in total. The zero-order chi connectivity index (χ0) is 17.7. The summed E-state index contributed by atoms with van der Waals surface area (Å²) in [5.74, 6) is 0.976. The minimum atomic E-state index is -1.69. The van der Waals surface area contributed by atoms with E-state index in [1.54, 1.807) is 0 Å². The highest BCUT2D eigenvalue weighted by Gasteiger charge is 2.36. The molecular formula is C19H35NO2Si. The summed E-state index contributed by atoms with van der Waals surface area (Å²) < 4.78 is 12.2. The minimum absolute atomic E-state index is 0.214. The molecule has 1 atom stereocenters. The Hall–Kier alpha value is -0.843. The van der Waals surface area contributed by atoms with Gasteiger partial charge in [-0.1, -0.05) is 32.9 Å². The van der Waals surface area contributed by atoms with Gasteiger partial charge in [0.05, 0.1) is 6.61 Å². The maximum atomic E-state index is 6.18. The highest BCUT2D eigenvalue weighted by Crippen LogP contribution is 2.36. The lowest BCUT2D eigenvalue weighted by molar-refractivity contribution is 0.202. The molecule has 0 saturated carbocycles. The molecule has 0 bridgehead atoms. The second kappa shape index (κ2) is 8.31. The fourth-order valence-electron chi connectivity index (χ4n) is 2.05. The zero-order valence-corrected chi connectivity index (χ0v) is 17.0. The van der Waals surface area contributed by atoms with E-state index in [0.29, 0.717) is 13.2 Å². The maximum absolute atomic E-state index is 6.18. The molecule has 0 unspecified atom stereocenters. The molecule has 0 aliphatic rings. The van der Waals surface area contributed by atoms with Crippen molar-refractivity contribution in [1.29, 1.82) is 0 Å². The third kappa shape index (κ3) is 6.65. The SMILES string of the molecule is Cc1ccc(CC[C@@H](C)N)c(OCCO[Si](C)(C)C(C)(C)C)c1. The first kappa shape index (κ1) is 20.2. The molecule has 132 valence electrons. The molecule has 4 heteroatoms. The zero-order valence-electron chi connectivity index (χ0n) is 16.0. The molecule has 0 aliphatic heterocycles. The third-order valence-corrected chi connectivity index (χ3v) is 9.24. The van der Waals surface area contributed by atoms with Crippen molar-refractivity contribution in [3.63, 3.8) is 0 Å². The lowest BCUT2D eigenvalue weighted by Gasteiger charge is -2.36. The number of ether oxygens (including phenoxy) is 1. The fraction of sp³-hybridized carbons (Fsp3) is 0.684. The average Bonchev–Trinajstić information content (AvgIpc) is 2.41. The Labute approximate surface area is 143 Å². The van der Waals surface area contributed by atoms with Gasteiger partial charge >= 0.3 is 0 Å². The van der Waals surface area contributed by atoms with Gasteiger partial charge in [-0.25, -0.2) is 0 Å². The summed E-state index contributed by atoms with van der Waals surface area (Å²) in [7, 11) is -1.69.